The molecule has 1 N–H and O–H groups in total. The van der Waals surface area contributed by atoms with Crippen LogP contribution in [0.4, 0.5) is 13.2 Å². The van der Waals surface area contributed by atoms with Crippen molar-refractivity contribution >= 4 is 17.8 Å². The molecule has 0 spiro atoms. The van der Waals surface area contributed by atoms with Gasteiger partial charge in [0.1, 0.15) is 6.04 Å². The molecule has 0 aromatic rings. The molecule has 6 nitrogen and oxygen atoms in total. The third kappa shape index (κ3) is 3.11. The molecule has 9 heteroatoms. The standard InChI is InChI=1S/C9H11F3N2O4/c1-18-6(15)4-5-7(16)13-2-3-14(5)8(17)9(10,11)12/h5H,2-4H2,1H3,(H,13,16). The Morgan fingerprint density at radius 2 is 2.11 bits per heavy atom. The molecule has 0 saturated carbocycles. The number of halogens is 3. The van der Waals surface area contributed by atoms with Crippen molar-refractivity contribution in [3.05, 3.63) is 0 Å². The van der Waals surface area contributed by atoms with E-state index in [0.29, 0.717) is 4.90 Å². The number of esters is 1. The van der Waals surface area contributed by atoms with E-state index in [1.807, 2.05) is 0 Å². The topological polar surface area (TPSA) is 75.7 Å². The molecular formula is C9H11F3N2O4. The van der Waals surface area contributed by atoms with Crippen LogP contribution in [0.2, 0.25) is 0 Å². The summed E-state index contributed by atoms with van der Waals surface area (Å²) in [7, 11) is 1.04. The first kappa shape index (κ1) is 14.3. The van der Waals surface area contributed by atoms with Crippen LogP contribution in [-0.4, -0.2) is 55.1 Å². The maximum atomic E-state index is 12.3. The van der Waals surface area contributed by atoms with E-state index < -0.39 is 36.4 Å². The average molecular weight is 268 g/mol. The first-order valence-electron chi connectivity index (χ1n) is 4.99. The van der Waals surface area contributed by atoms with Crippen LogP contribution in [0.5, 0.6) is 0 Å². The molecule has 0 bridgehead atoms. The molecule has 0 aromatic heterocycles. The molecule has 1 fully saturated rings. The molecule has 1 rings (SSSR count). The highest BCUT2D eigenvalue weighted by Crippen LogP contribution is 2.22. The van der Waals surface area contributed by atoms with Crippen molar-refractivity contribution in [2.75, 3.05) is 20.2 Å². The predicted molar refractivity (Wildman–Crippen MR) is 51.2 cm³/mol. The van der Waals surface area contributed by atoms with Crippen molar-refractivity contribution in [1.82, 2.24) is 10.2 Å². The number of amides is 2. The van der Waals surface area contributed by atoms with Crippen LogP contribution in [0.3, 0.4) is 0 Å². The van der Waals surface area contributed by atoms with Gasteiger partial charge in [0.25, 0.3) is 0 Å². The normalized spacial score (nSPS) is 20.3. The van der Waals surface area contributed by atoms with E-state index in [4.69, 9.17) is 0 Å². The summed E-state index contributed by atoms with van der Waals surface area (Å²) in [6.07, 6.45) is -5.68. The zero-order valence-electron chi connectivity index (χ0n) is 9.41. The van der Waals surface area contributed by atoms with Crippen LogP contribution >= 0.6 is 0 Å². The van der Waals surface area contributed by atoms with Gasteiger partial charge in [0, 0.05) is 13.1 Å². The smallest absolute Gasteiger partial charge is 0.469 e. The molecule has 2 amide bonds. The number of methoxy groups -OCH3 is 1. The van der Waals surface area contributed by atoms with Gasteiger partial charge < -0.3 is 15.0 Å². The molecule has 0 aromatic carbocycles. The zero-order chi connectivity index (χ0) is 13.9. The summed E-state index contributed by atoms with van der Waals surface area (Å²) in [5.41, 5.74) is 0. The van der Waals surface area contributed by atoms with E-state index in [9.17, 15) is 27.6 Å². The first-order valence-corrected chi connectivity index (χ1v) is 4.99. The summed E-state index contributed by atoms with van der Waals surface area (Å²) in [6.45, 7) is -0.385. The number of hydrogen-bond acceptors (Lipinski definition) is 4. The van der Waals surface area contributed by atoms with E-state index in [0.717, 1.165) is 7.11 Å². The summed E-state index contributed by atoms with van der Waals surface area (Å²) in [6, 6.07) is -1.49. The number of carbonyl (C=O) groups excluding carboxylic acids is 3. The van der Waals surface area contributed by atoms with Crippen molar-refractivity contribution in [2.24, 2.45) is 0 Å². The molecule has 1 saturated heterocycles. The maximum Gasteiger partial charge on any atom is 0.471 e. The third-order valence-electron chi connectivity index (χ3n) is 2.42. The van der Waals surface area contributed by atoms with Gasteiger partial charge in [0.15, 0.2) is 0 Å². The van der Waals surface area contributed by atoms with Gasteiger partial charge in [-0.1, -0.05) is 0 Å². The lowest BCUT2D eigenvalue weighted by molar-refractivity contribution is -0.190. The number of ether oxygens (including phenoxy) is 1. The van der Waals surface area contributed by atoms with Crippen LogP contribution in [0.25, 0.3) is 0 Å². The van der Waals surface area contributed by atoms with Crippen LogP contribution < -0.4 is 5.32 Å². The molecule has 1 unspecified atom stereocenters. The van der Waals surface area contributed by atoms with Crippen LogP contribution in [0.15, 0.2) is 0 Å². The monoisotopic (exact) mass is 268 g/mol. The number of piperazine rings is 1. The minimum absolute atomic E-state index is 0.0850. The van der Waals surface area contributed by atoms with Crippen molar-refractivity contribution in [2.45, 2.75) is 18.6 Å². The highest BCUT2D eigenvalue weighted by atomic mass is 19.4. The lowest BCUT2D eigenvalue weighted by atomic mass is 10.1. The van der Waals surface area contributed by atoms with Gasteiger partial charge in [0.2, 0.25) is 5.91 Å². The Morgan fingerprint density at radius 1 is 1.50 bits per heavy atom. The Hall–Kier alpha value is -1.80. The fourth-order valence-electron chi connectivity index (χ4n) is 1.56. The number of carbonyl (C=O) groups is 3. The highest BCUT2D eigenvalue weighted by Gasteiger charge is 2.47. The molecule has 1 aliphatic rings. The number of nitrogens with zero attached hydrogens (tertiary/aromatic N) is 1. The van der Waals surface area contributed by atoms with Gasteiger partial charge in [-0.05, 0) is 0 Å². The average Bonchev–Trinajstić information content (AvgIpc) is 2.29. The highest BCUT2D eigenvalue weighted by molar-refractivity contribution is 5.93. The minimum atomic E-state index is -5.08. The zero-order valence-corrected chi connectivity index (χ0v) is 9.41. The summed E-state index contributed by atoms with van der Waals surface area (Å²) in [5, 5.41) is 2.29. The molecular weight excluding hydrogens is 257 g/mol. The van der Waals surface area contributed by atoms with Crippen molar-refractivity contribution in [1.29, 1.82) is 0 Å². The van der Waals surface area contributed by atoms with Crippen molar-refractivity contribution in [3.8, 4) is 0 Å². The van der Waals surface area contributed by atoms with Gasteiger partial charge >= 0.3 is 18.1 Å². The molecule has 0 radical (unpaired) electrons. The molecule has 1 heterocycles. The van der Waals surface area contributed by atoms with E-state index in [-0.39, 0.29) is 13.1 Å². The predicted octanol–water partition coefficient (Wildman–Crippen LogP) is -0.561. The second-order valence-electron chi connectivity index (χ2n) is 3.58. The third-order valence-corrected chi connectivity index (χ3v) is 2.42. The Bertz CT molecular complexity index is 369. The quantitative estimate of drug-likeness (QED) is 0.681. The fourth-order valence-corrected chi connectivity index (χ4v) is 1.56. The van der Waals surface area contributed by atoms with Gasteiger partial charge in [-0.25, -0.2) is 0 Å². The fraction of sp³-hybridized carbons (Fsp3) is 0.667. The van der Waals surface area contributed by atoms with Gasteiger partial charge in [-0.15, -0.1) is 0 Å². The Morgan fingerprint density at radius 3 is 2.61 bits per heavy atom. The second-order valence-corrected chi connectivity index (χ2v) is 3.58. The lowest BCUT2D eigenvalue weighted by Crippen LogP contribution is -2.60. The lowest BCUT2D eigenvalue weighted by Gasteiger charge is -2.34. The van der Waals surface area contributed by atoms with Gasteiger partial charge in [-0.2, -0.15) is 13.2 Å². The minimum Gasteiger partial charge on any atom is -0.469 e. The number of hydrogen-bond donors (Lipinski definition) is 1. The molecule has 1 aliphatic heterocycles. The molecule has 1 atom stereocenters. The van der Waals surface area contributed by atoms with E-state index in [2.05, 4.69) is 10.1 Å². The van der Waals surface area contributed by atoms with Gasteiger partial charge in [-0.3, -0.25) is 14.4 Å². The largest absolute Gasteiger partial charge is 0.471 e. The van der Waals surface area contributed by atoms with E-state index in [1.54, 1.807) is 0 Å². The number of nitrogens with one attached hydrogen (secondary N) is 1. The van der Waals surface area contributed by atoms with Crippen molar-refractivity contribution < 1.29 is 32.3 Å². The van der Waals surface area contributed by atoms with Crippen LogP contribution in [0, 0.1) is 0 Å². The SMILES string of the molecule is COC(=O)CC1C(=O)NCCN1C(=O)C(F)(F)F. The summed E-state index contributed by atoms with van der Waals surface area (Å²) in [4.78, 5) is 33.9. The van der Waals surface area contributed by atoms with Crippen LogP contribution in [0.1, 0.15) is 6.42 Å². The maximum absolute atomic E-state index is 12.3. The van der Waals surface area contributed by atoms with E-state index in [1.165, 1.54) is 0 Å². The Kier molecular flexibility index (Phi) is 4.15. The second kappa shape index (κ2) is 5.23. The molecule has 102 valence electrons. The van der Waals surface area contributed by atoms with Gasteiger partial charge in [0.05, 0.1) is 13.5 Å². The van der Waals surface area contributed by atoms with Crippen LogP contribution in [-0.2, 0) is 19.1 Å². The summed E-state index contributed by atoms with van der Waals surface area (Å²) in [5.74, 6) is -3.80. The molecule has 18 heavy (non-hydrogen) atoms. The van der Waals surface area contributed by atoms with Crippen molar-refractivity contribution in [3.63, 3.8) is 0 Å². The Labute approximate surface area is 100 Å². The summed E-state index contributed by atoms with van der Waals surface area (Å²) < 4.78 is 41.2. The summed E-state index contributed by atoms with van der Waals surface area (Å²) >= 11 is 0. The first-order chi connectivity index (χ1) is 8.27. The Balaban J connectivity index is 2.88. The number of alkyl halides is 3. The number of rotatable bonds is 2. The van der Waals surface area contributed by atoms with E-state index >= 15 is 0 Å². The molecule has 0 aliphatic carbocycles.